The first-order valence-corrected chi connectivity index (χ1v) is 23.6. The van der Waals surface area contributed by atoms with Gasteiger partial charge in [-0.05, 0) is 70.6 Å². The number of phosphoric ester groups is 1. The van der Waals surface area contributed by atoms with Crippen LogP contribution in [0, 0.1) is 0 Å². The van der Waals surface area contributed by atoms with Gasteiger partial charge in [0.2, 0.25) is 0 Å². The van der Waals surface area contributed by atoms with Crippen LogP contribution in [-0.4, -0.2) is 71.1 Å². The number of hydrogen-bond acceptors (Lipinski definition) is 10. The number of nitrogens with two attached hydrogens (primary N) is 1. The molecule has 338 valence electrons. The number of carbonyl (C=O) groups is 3. The number of ether oxygens (including phenoxy) is 2. The maximum Gasteiger partial charge on any atom is 0.472 e. The number of carboxylic acids is 1. The topological polar surface area (TPSA) is 192 Å². The number of aliphatic carboxylic acids is 1. The van der Waals surface area contributed by atoms with E-state index in [1.54, 1.807) is 12.2 Å². The summed E-state index contributed by atoms with van der Waals surface area (Å²) in [5.41, 5.74) is 5.32. The number of carbonyl (C=O) groups excluding carboxylic acids is 2. The van der Waals surface area contributed by atoms with Crippen LogP contribution in [0.5, 0.6) is 0 Å². The van der Waals surface area contributed by atoms with Gasteiger partial charge in [-0.1, -0.05) is 151 Å². The Balaban J connectivity index is 4.64. The van der Waals surface area contributed by atoms with Gasteiger partial charge >= 0.3 is 25.7 Å². The normalized spacial score (nSPS) is 14.9. The van der Waals surface area contributed by atoms with Gasteiger partial charge in [-0.25, -0.2) is 4.57 Å². The van der Waals surface area contributed by atoms with Gasteiger partial charge in [0.25, 0.3) is 0 Å². The van der Waals surface area contributed by atoms with Crippen LogP contribution in [0.15, 0.2) is 72.9 Å². The van der Waals surface area contributed by atoms with Gasteiger partial charge in [0.1, 0.15) is 12.6 Å². The van der Waals surface area contributed by atoms with Crippen LogP contribution >= 0.6 is 7.82 Å². The summed E-state index contributed by atoms with van der Waals surface area (Å²) in [5, 5.41) is 19.2. The number of allylic oxidation sites excluding steroid dienone is 11. The summed E-state index contributed by atoms with van der Waals surface area (Å²) in [6.07, 6.45) is 44.4. The van der Waals surface area contributed by atoms with Crippen LogP contribution in [0.3, 0.4) is 0 Å². The van der Waals surface area contributed by atoms with Gasteiger partial charge in [-0.15, -0.1) is 0 Å². The lowest BCUT2D eigenvalue weighted by atomic mass is 10.1. The summed E-state index contributed by atoms with van der Waals surface area (Å²) in [4.78, 5) is 46.0. The molecule has 12 nitrogen and oxygen atoms in total. The molecular weight excluding hydrogens is 773 g/mol. The minimum atomic E-state index is -4.78. The zero-order valence-corrected chi connectivity index (χ0v) is 37.1. The zero-order valence-electron chi connectivity index (χ0n) is 36.2. The molecule has 59 heavy (non-hydrogen) atoms. The fourth-order valence-electron chi connectivity index (χ4n) is 5.50. The third-order valence-electron chi connectivity index (χ3n) is 9.03. The molecule has 0 aromatic carbocycles. The lowest BCUT2D eigenvalue weighted by Crippen LogP contribution is -2.34. The third kappa shape index (κ3) is 40.1. The van der Waals surface area contributed by atoms with E-state index in [4.69, 9.17) is 24.8 Å². The maximum atomic E-state index is 12.6. The van der Waals surface area contributed by atoms with Gasteiger partial charge in [0, 0.05) is 12.8 Å². The molecule has 13 heteroatoms. The first kappa shape index (κ1) is 55.9. The molecular formula is C46H78NO11P. The number of carboxylic acid groups (broad SMARTS) is 1. The maximum absolute atomic E-state index is 12.6. The second-order valence-electron chi connectivity index (χ2n) is 14.7. The summed E-state index contributed by atoms with van der Waals surface area (Å²) in [6, 6.07) is -1.56. The molecule has 0 bridgehead atoms. The van der Waals surface area contributed by atoms with Crippen molar-refractivity contribution >= 4 is 25.7 Å². The van der Waals surface area contributed by atoms with Gasteiger partial charge in [0.05, 0.1) is 19.3 Å². The van der Waals surface area contributed by atoms with Crippen molar-refractivity contribution in [3.05, 3.63) is 72.9 Å². The van der Waals surface area contributed by atoms with E-state index in [9.17, 15) is 28.9 Å². The van der Waals surface area contributed by atoms with E-state index in [0.29, 0.717) is 19.3 Å². The molecule has 0 spiro atoms. The van der Waals surface area contributed by atoms with Crippen LogP contribution in [0.1, 0.15) is 162 Å². The summed E-state index contributed by atoms with van der Waals surface area (Å²) < 4.78 is 32.5. The molecule has 5 N–H and O–H groups in total. The summed E-state index contributed by atoms with van der Waals surface area (Å²) in [6.45, 7) is 2.53. The van der Waals surface area contributed by atoms with Crippen molar-refractivity contribution in [1.82, 2.24) is 0 Å². The van der Waals surface area contributed by atoms with Crippen molar-refractivity contribution in [2.24, 2.45) is 5.73 Å². The molecule has 0 aromatic rings. The highest BCUT2D eigenvalue weighted by atomic mass is 31.2. The van der Waals surface area contributed by atoms with Crippen molar-refractivity contribution < 1.29 is 52.6 Å². The highest BCUT2D eigenvalue weighted by molar-refractivity contribution is 7.47. The minimum absolute atomic E-state index is 0.0766. The quantitative estimate of drug-likeness (QED) is 0.0150. The lowest BCUT2D eigenvalue weighted by molar-refractivity contribution is -0.161. The smallest absolute Gasteiger partial charge is 0.472 e. The highest BCUT2D eigenvalue weighted by Gasteiger charge is 2.28. The number of rotatable bonds is 40. The number of aliphatic hydroxyl groups excluding tert-OH is 1. The van der Waals surface area contributed by atoms with E-state index < -0.39 is 63.8 Å². The Morgan fingerprint density at radius 3 is 1.68 bits per heavy atom. The average Bonchev–Trinajstić information content (AvgIpc) is 3.20. The van der Waals surface area contributed by atoms with Crippen molar-refractivity contribution in [3.63, 3.8) is 0 Å². The number of aliphatic hydroxyl groups is 1. The molecule has 0 saturated heterocycles. The first-order chi connectivity index (χ1) is 28.5. The Bertz CT molecular complexity index is 1290. The number of esters is 2. The Kier molecular flexibility index (Phi) is 38.2. The second-order valence-corrected chi connectivity index (χ2v) is 16.1. The van der Waals surface area contributed by atoms with Crippen molar-refractivity contribution in [3.8, 4) is 0 Å². The summed E-state index contributed by atoms with van der Waals surface area (Å²) >= 11 is 0. The van der Waals surface area contributed by atoms with E-state index in [1.807, 2.05) is 24.3 Å². The molecule has 0 rings (SSSR count). The van der Waals surface area contributed by atoms with E-state index in [1.165, 1.54) is 77.0 Å². The predicted octanol–water partition coefficient (Wildman–Crippen LogP) is 10.7. The molecule has 2 unspecified atom stereocenters. The number of phosphoric acid groups is 1. The van der Waals surface area contributed by atoms with Gasteiger partial charge in [-0.2, -0.15) is 0 Å². The fourth-order valence-corrected chi connectivity index (χ4v) is 6.28. The molecule has 0 amide bonds. The molecule has 0 saturated carbocycles. The molecule has 0 aliphatic carbocycles. The predicted molar refractivity (Wildman–Crippen MR) is 237 cm³/mol. The summed E-state index contributed by atoms with van der Waals surface area (Å²) in [7, 11) is -4.78. The van der Waals surface area contributed by atoms with Gasteiger partial charge < -0.3 is 30.3 Å². The fraction of sp³-hybridized carbons (Fsp3) is 0.674. The lowest BCUT2D eigenvalue weighted by Gasteiger charge is -2.20. The molecule has 0 heterocycles. The molecule has 0 aliphatic heterocycles. The van der Waals surface area contributed by atoms with Crippen molar-refractivity contribution in [2.75, 3.05) is 19.8 Å². The van der Waals surface area contributed by atoms with E-state index >= 15 is 0 Å². The molecule has 4 atom stereocenters. The van der Waals surface area contributed by atoms with Crippen molar-refractivity contribution in [1.29, 1.82) is 0 Å². The standard InChI is InChI=1S/C46H78NO11P/c1-3-5-7-9-11-13-15-17-18-19-20-22-24-26-28-30-32-36-44(49)55-38-42(39-56-59(53,54)57-40-43(47)46(51)52)58-45(50)37-33-35-41(48)34-31-29-27-25-23-21-16-14-12-10-8-6-4-2/h17-18,20-23,26-29,31,34,41-43,48H,3-16,19,24-25,30,32-33,35-40,47H2,1-2H3,(H,51,52)(H,53,54)/b18-17-,22-20-,23-21+,28-26-,29-27+,34-31+/t41?,42-,43+/m1/s1. The van der Waals surface area contributed by atoms with Crippen LogP contribution in [0.4, 0.5) is 0 Å². The molecule has 0 aromatic heterocycles. The second kappa shape index (κ2) is 40.3. The number of hydrogen-bond donors (Lipinski definition) is 4. The SMILES string of the molecule is CCCCCCCC/C=C\C/C=C\C/C=C\CCCC(=O)OC[C@H](COP(=O)(O)OC[C@H](N)C(=O)O)OC(=O)CCCC(O)/C=C/C=C/C/C=C/CCCCCCCC. The average molecular weight is 852 g/mol. The Hall–Kier alpha value is -3.12. The van der Waals surface area contributed by atoms with Gasteiger partial charge in [-0.3, -0.25) is 23.4 Å². The molecule has 0 radical (unpaired) electrons. The van der Waals surface area contributed by atoms with Crippen LogP contribution in [0.2, 0.25) is 0 Å². The third-order valence-corrected chi connectivity index (χ3v) is 9.98. The van der Waals surface area contributed by atoms with Crippen LogP contribution in [-0.2, 0) is 37.5 Å². The Morgan fingerprint density at radius 1 is 0.610 bits per heavy atom. The largest absolute Gasteiger partial charge is 0.480 e. The molecule has 0 fully saturated rings. The Labute approximate surface area is 355 Å². The van der Waals surface area contributed by atoms with Crippen LogP contribution in [0.25, 0.3) is 0 Å². The highest BCUT2D eigenvalue weighted by Crippen LogP contribution is 2.43. The number of unbranched alkanes of at least 4 members (excludes halogenated alkanes) is 13. The Morgan fingerprint density at radius 2 is 1.10 bits per heavy atom. The first-order valence-electron chi connectivity index (χ1n) is 22.1. The van der Waals surface area contributed by atoms with Crippen molar-refractivity contribution in [2.45, 2.75) is 180 Å². The van der Waals surface area contributed by atoms with E-state index in [-0.39, 0.29) is 19.3 Å². The van der Waals surface area contributed by atoms with Gasteiger partial charge in [0.15, 0.2) is 6.10 Å². The molecule has 0 aliphatic rings. The van der Waals surface area contributed by atoms with E-state index in [2.05, 4.69) is 54.8 Å². The zero-order chi connectivity index (χ0) is 43.7. The summed E-state index contributed by atoms with van der Waals surface area (Å²) in [5.74, 6) is -2.67. The monoisotopic (exact) mass is 852 g/mol. The minimum Gasteiger partial charge on any atom is -0.480 e. The van der Waals surface area contributed by atoms with Crippen LogP contribution < -0.4 is 5.73 Å². The van der Waals surface area contributed by atoms with E-state index in [0.717, 1.165) is 32.1 Å².